The van der Waals surface area contributed by atoms with Gasteiger partial charge in [-0.15, -0.1) is 0 Å². The summed E-state index contributed by atoms with van der Waals surface area (Å²) in [5, 5.41) is 13.5. The van der Waals surface area contributed by atoms with Crippen LogP contribution in [0.5, 0.6) is 0 Å². The van der Waals surface area contributed by atoms with Crippen molar-refractivity contribution < 1.29 is 13.9 Å². The Hall–Kier alpha value is -4.25. The van der Waals surface area contributed by atoms with E-state index in [0.29, 0.717) is 38.9 Å². The zero-order valence-electron chi connectivity index (χ0n) is 18.4. The Morgan fingerprint density at radius 3 is 2.73 bits per heavy atom. The molecular weight excluding hydrogens is 421 g/mol. The van der Waals surface area contributed by atoms with Crippen LogP contribution in [0.15, 0.2) is 71.6 Å². The van der Waals surface area contributed by atoms with Crippen molar-refractivity contribution >= 4 is 16.9 Å². The number of nitriles is 1. The Labute approximate surface area is 190 Å². The topological polar surface area (TPSA) is 114 Å². The molecule has 1 aromatic carbocycles. The molecule has 3 heterocycles. The number of nitrogens with zero attached hydrogens (tertiary/aromatic N) is 3. The largest absolute Gasteiger partial charge is 0.459 e. The molecule has 3 aromatic rings. The second-order valence-corrected chi connectivity index (χ2v) is 7.99. The highest BCUT2D eigenvalue weighted by Crippen LogP contribution is 2.40. The zero-order valence-corrected chi connectivity index (χ0v) is 18.4. The number of rotatable bonds is 4. The summed E-state index contributed by atoms with van der Waals surface area (Å²) in [6, 6.07) is 10.4. The van der Waals surface area contributed by atoms with Gasteiger partial charge in [0, 0.05) is 34.6 Å². The summed E-state index contributed by atoms with van der Waals surface area (Å²) in [6.45, 7) is 5.18. The van der Waals surface area contributed by atoms with Crippen molar-refractivity contribution in [1.82, 2.24) is 15.3 Å². The predicted molar refractivity (Wildman–Crippen MR) is 122 cm³/mol. The average Bonchev–Trinajstić information content (AvgIpc) is 2.77. The van der Waals surface area contributed by atoms with Gasteiger partial charge in [-0.25, -0.2) is 9.18 Å². The maximum absolute atomic E-state index is 14.5. The molecule has 166 valence electrons. The Morgan fingerprint density at radius 2 is 2.03 bits per heavy atom. The van der Waals surface area contributed by atoms with Crippen molar-refractivity contribution in [2.75, 3.05) is 0 Å². The van der Waals surface area contributed by atoms with Crippen LogP contribution < -0.4 is 11.1 Å². The number of fused-ring (bicyclic) bond motifs is 1. The maximum atomic E-state index is 14.5. The summed E-state index contributed by atoms with van der Waals surface area (Å²) in [5.41, 5.74) is 9.21. The van der Waals surface area contributed by atoms with Gasteiger partial charge in [-0.2, -0.15) is 5.26 Å². The molecule has 0 fully saturated rings. The number of pyridine rings is 2. The number of aromatic nitrogens is 2. The lowest BCUT2D eigenvalue weighted by molar-refractivity contribution is -0.143. The second kappa shape index (κ2) is 8.71. The summed E-state index contributed by atoms with van der Waals surface area (Å²) < 4.78 is 19.9. The molecule has 0 saturated heterocycles. The molecule has 0 amide bonds. The number of esters is 1. The molecule has 3 N–H and O–H groups in total. The first-order valence-corrected chi connectivity index (χ1v) is 10.4. The van der Waals surface area contributed by atoms with Gasteiger partial charge in [0.1, 0.15) is 11.6 Å². The van der Waals surface area contributed by atoms with Gasteiger partial charge in [-0.05, 0) is 38.5 Å². The number of halogens is 1. The third kappa shape index (κ3) is 4.01. The summed E-state index contributed by atoms with van der Waals surface area (Å²) in [5.74, 6) is -1.72. The van der Waals surface area contributed by atoms with Gasteiger partial charge in [-0.1, -0.05) is 18.2 Å². The SMILES string of the molecule is CC1=C(C#N)C(c2cncc3ncc(-c4ccccc4F)cc23)C(C(=O)OC(C)C)=C(N)N1. The van der Waals surface area contributed by atoms with E-state index in [4.69, 9.17) is 10.5 Å². The summed E-state index contributed by atoms with van der Waals surface area (Å²) in [4.78, 5) is 21.8. The van der Waals surface area contributed by atoms with Crippen LogP contribution in [-0.4, -0.2) is 22.0 Å². The van der Waals surface area contributed by atoms with E-state index in [1.165, 1.54) is 6.07 Å². The van der Waals surface area contributed by atoms with Crippen molar-refractivity contribution in [1.29, 1.82) is 5.26 Å². The molecule has 1 aliphatic rings. The van der Waals surface area contributed by atoms with E-state index in [1.807, 2.05) is 0 Å². The predicted octanol–water partition coefficient (Wildman–Crippen LogP) is 4.04. The number of benzene rings is 1. The van der Waals surface area contributed by atoms with Gasteiger partial charge in [-0.3, -0.25) is 9.97 Å². The minimum Gasteiger partial charge on any atom is -0.459 e. The molecule has 0 saturated carbocycles. The zero-order chi connectivity index (χ0) is 23.7. The highest BCUT2D eigenvalue weighted by molar-refractivity contribution is 5.95. The monoisotopic (exact) mass is 443 g/mol. The Morgan fingerprint density at radius 1 is 1.27 bits per heavy atom. The highest BCUT2D eigenvalue weighted by atomic mass is 19.1. The number of dihydropyridines is 1. The van der Waals surface area contributed by atoms with Crippen LogP contribution >= 0.6 is 0 Å². The third-order valence-corrected chi connectivity index (χ3v) is 5.41. The lowest BCUT2D eigenvalue weighted by atomic mass is 9.81. The third-order valence-electron chi connectivity index (χ3n) is 5.41. The number of allylic oxidation sites excluding steroid dienone is 2. The molecule has 0 radical (unpaired) electrons. The number of nitrogens with one attached hydrogen (secondary N) is 1. The van der Waals surface area contributed by atoms with Crippen LogP contribution in [0, 0.1) is 17.1 Å². The van der Waals surface area contributed by atoms with E-state index in [2.05, 4.69) is 21.4 Å². The van der Waals surface area contributed by atoms with Gasteiger partial charge < -0.3 is 15.8 Å². The van der Waals surface area contributed by atoms with E-state index in [9.17, 15) is 14.4 Å². The van der Waals surface area contributed by atoms with Crippen molar-refractivity contribution in [2.45, 2.75) is 32.8 Å². The normalized spacial score (nSPS) is 16.1. The number of hydrogen-bond donors (Lipinski definition) is 2. The Balaban J connectivity index is 1.97. The molecule has 8 heteroatoms. The average molecular weight is 443 g/mol. The lowest BCUT2D eigenvalue weighted by Crippen LogP contribution is -2.34. The van der Waals surface area contributed by atoms with Gasteiger partial charge in [0.25, 0.3) is 0 Å². The quantitative estimate of drug-likeness (QED) is 0.585. The molecule has 0 spiro atoms. The maximum Gasteiger partial charge on any atom is 0.338 e. The molecule has 0 aliphatic carbocycles. The van der Waals surface area contributed by atoms with E-state index in [-0.39, 0.29) is 23.3 Å². The van der Waals surface area contributed by atoms with Gasteiger partial charge >= 0.3 is 5.97 Å². The van der Waals surface area contributed by atoms with Crippen molar-refractivity contribution in [3.05, 3.63) is 83.0 Å². The fourth-order valence-electron chi connectivity index (χ4n) is 3.96. The molecule has 33 heavy (non-hydrogen) atoms. The molecule has 2 aromatic heterocycles. The first kappa shape index (κ1) is 22.0. The Bertz CT molecular complexity index is 1370. The molecule has 4 rings (SSSR count). The lowest BCUT2D eigenvalue weighted by Gasteiger charge is -2.29. The summed E-state index contributed by atoms with van der Waals surface area (Å²) in [7, 11) is 0. The van der Waals surface area contributed by atoms with Gasteiger partial charge in [0.2, 0.25) is 0 Å². The number of carbonyl (C=O) groups is 1. The van der Waals surface area contributed by atoms with Crippen LogP contribution in [0.3, 0.4) is 0 Å². The van der Waals surface area contributed by atoms with Crippen LogP contribution in [0.25, 0.3) is 22.0 Å². The summed E-state index contributed by atoms with van der Waals surface area (Å²) >= 11 is 0. The van der Waals surface area contributed by atoms with Crippen LogP contribution in [-0.2, 0) is 9.53 Å². The minimum atomic E-state index is -0.823. The number of carbonyl (C=O) groups excluding carboxylic acids is 1. The van der Waals surface area contributed by atoms with Gasteiger partial charge in [0.15, 0.2) is 0 Å². The first-order chi connectivity index (χ1) is 15.8. The van der Waals surface area contributed by atoms with Crippen LogP contribution in [0.2, 0.25) is 0 Å². The fourth-order valence-corrected chi connectivity index (χ4v) is 3.96. The number of ether oxygens (including phenoxy) is 1. The Kier molecular flexibility index (Phi) is 5.80. The molecule has 0 bridgehead atoms. The van der Waals surface area contributed by atoms with Crippen molar-refractivity contribution in [2.24, 2.45) is 5.73 Å². The number of hydrogen-bond acceptors (Lipinski definition) is 7. The number of nitrogens with two attached hydrogens (primary N) is 1. The second-order valence-electron chi connectivity index (χ2n) is 7.99. The summed E-state index contributed by atoms with van der Waals surface area (Å²) in [6.07, 6.45) is 4.34. The molecule has 1 unspecified atom stereocenters. The molecule has 7 nitrogen and oxygen atoms in total. The van der Waals surface area contributed by atoms with Crippen LogP contribution in [0.4, 0.5) is 4.39 Å². The minimum absolute atomic E-state index is 0.109. The molecule has 1 atom stereocenters. The van der Waals surface area contributed by atoms with Crippen molar-refractivity contribution in [3.63, 3.8) is 0 Å². The standard InChI is InChI=1S/C25H22FN5O2/c1-13(2)33-25(32)23-22(18(9-27)14(3)31-24(23)28)19-11-29-12-21-17(19)8-15(10-30-21)16-6-4-5-7-20(16)26/h4-8,10-13,22,31H,28H2,1-3H3. The van der Waals surface area contributed by atoms with Gasteiger partial charge in [0.05, 0.1) is 41.0 Å². The van der Waals surface area contributed by atoms with E-state index < -0.39 is 11.9 Å². The first-order valence-electron chi connectivity index (χ1n) is 10.4. The molecule has 1 aliphatic heterocycles. The van der Waals surface area contributed by atoms with E-state index in [1.54, 1.807) is 63.6 Å². The van der Waals surface area contributed by atoms with Crippen LogP contribution in [0.1, 0.15) is 32.3 Å². The van der Waals surface area contributed by atoms with Crippen molar-refractivity contribution in [3.8, 4) is 17.2 Å². The molecular formula is C25H22FN5O2. The van der Waals surface area contributed by atoms with E-state index in [0.717, 1.165) is 0 Å². The smallest absolute Gasteiger partial charge is 0.338 e. The fraction of sp³-hybridized carbons (Fsp3) is 0.200. The highest BCUT2D eigenvalue weighted by Gasteiger charge is 2.36. The van der Waals surface area contributed by atoms with E-state index >= 15 is 0 Å².